The second kappa shape index (κ2) is 6.79. The van der Waals surface area contributed by atoms with Crippen molar-refractivity contribution in [2.24, 2.45) is 0 Å². The second-order valence-corrected chi connectivity index (χ2v) is 6.82. The van der Waals surface area contributed by atoms with E-state index in [9.17, 15) is 4.39 Å². The molecule has 2 atom stereocenters. The van der Waals surface area contributed by atoms with Crippen molar-refractivity contribution in [3.05, 3.63) is 48.0 Å². The summed E-state index contributed by atoms with van der Waals surface area (Å²) in [6.45, 7) is 2.04. The van der Waals surface area contributed by atoms with Crippen LogP contribution in [-0.4, -0.2) is 52.0 Å². The maximum atomic E-state index is 14.4. The molecule has 3 aromatic rings. The lowest BCUT2D eigenvalue weighted by atomic mass is 10.2. The number of aromatic nitrogens is 3. The third-order valence-corrected chi connectivity index (χ3v) is 4.88. The molecule has 8 heteroatoms. The third kappa shape index (κ3) is 3.33. The van der Waals surface area contributed by atoms with Crippen LogP contribution in [0.3, 0.4) is 0 Å². The van der Waals surface area contributed by atoms with Crippen LogP contribution in [0.4, 0.5) is 4.39 Å². The Bertz CT molecular complexity index is 930. The average Bonchev–Trinajstić information content (AvgIpc) is 3.37. The van der Waals surface area contributed by atoms with Crippen molar-refractivity contribution in [2.75, 3.05) is 19.9 Å². The largest absolute Gasteiger partial charge is 0.454 e. The molecule has 0 unspecified atom stereocenters. The van der Waals surface area contributed by atoms with E-state index in [-0.39, 0.29) is 13.4 Å². The number of likely N-dealkylation sites (tertiary alicyclic amines) is 1. The van der Waals surface area contributed by atoms with E-state index in [0.29, 0.717) is 25.5 Å². The van der Waals surface area contributed by atoms with Crippen molar-refractivity contribution in [3.63, 3.8) is 0 Å². The first kappa shape index (κ1) is 16.5. The van der Waals surface area contributed by atoms with Crippen molar-refractivity contribution < 1.29 is 18.6 Å². The smallest absolute Gasteiger partial charge is 0.231 e. The van der Waals surface area contributed by atoms with Crippen LogP contribution < -0.4 is 9.47 Å². The van der Waals surface area contributed by atoms with Gasteiger partial charge in [-0.25, -0.2) is 9.37 Å². The summed E-state index contributed by atoms with van der Waals surface area (Å²) in [6, 6.07) is 7.66. The summed E-state index contributed by atoms with van der Waals surface area (Å²) < 4.78 is 30.9. The SMILES string of the molecule is F[C@@H]1CN(Cc2ccc3c(c2)OCO3)C[C@@H]1OCc1nc2ccncc2[nH]1. The van der Waals surface area contributed by atoms with Gasteiger partial charge < -0.3 is 19.2 Å². The Hall–Kier alpha value is -2.71. The number of nitrogens with zero attached hydrogens (tertiary/aromatic N) is 3. The molecule has 1 fully saturated rings. The fourth-order valence-corrected chi connectivity index (χ4v) is 3.56. The molecule has 2 aromatic heterocycles. The lowest BCUT2D eigenvalue weighted by Gasteiger charge is -2.16. The number of fused-ring (bicyclic) bond motifs is 2. The molecule has 0 aliphatic carbocycles. The zero-order valence-electron chi connectivity index (χ0n) is 14.6. The maximum Gasteiger partial charge on any atom is 0.231 e. The van der Waals surface area contributed by atoms with Crippen molar-refractivity contribution in [1.82, 2.24) is 19.9 Å². The number of nitrogens with one attached hydrogen (secondary N) is 1. The van der Waals surface area contributed by atoms with Crippen molar-refractivity contribution >= 4 is 11.0 Å². The highest BCUT2D eigenvalue weighted by molar-refractivity contribution is 5.73. The number of alkyl halides is 1. The lowest BCUT2D eigenvalue weighted by molar-refractivity contribution is 0.00863. The number of rotatable bonds is 5. The second-order valence-electron chi connectivity index (χ2n) is 6.82. The van der Waals surface area contributed by atoms with E-state index in [0.717, 1.165) is 28.1 Å². The van der Waals surface area contributed by atoms with Crippen LogP contribution in [0.2, 0.25) is 0 Å². The number of ether oxygens (including phenoxy) is 3. The van der Waals surface area contributed by atoms with Crippen LogP contribution in [0.5, 0.6) is 11.5 Å². The minimum Gasteiger partial charge on any atom is -0.454 e. The normalized spacial score (nSPS) is 22.0. The summed E-state index contributed by atoms with van der Waals surface area (Å²) in [4.78, 5) is 13.7. The van der Waals surface area contributed by atoms with E-state index in [1.54, 1.807) is 12.4 Å². The monoisotopic (exact) mass is 370 g/mol. The number of H-pyrrole nitrogens is 1. The number of benzene rings is 1. The summed E-state index contributed by atoms with van der Waals surface area (Å²) in [5.74, 6) is 2.18. The van der Waals surface area contributed by atoms with Gasteiger partial charge in [0.05, 0.1) is 17.2 Å². The number of aromatic amines is 1. The van der Waals surface area contributed by atoms with Gasteiger partial charge in [-0.05, 0) is 23.8 Å². The first-order valence-electron chi connectivity index (χ1n) is 8.90. The van der Waals surface area contributed by atoms with Crippen LogP contribution in [0.25, 0.3) is 11.0 Å². The predicted molar refractivity (Wildman–Crippen MR) is 95.2 cm³/mol. The predicted octanol–water partition coefficient (Wildman–Crippen LogP) is 2.43. The number of halogens is 1. The third-order valence-electron chi connectivity index (χ3n) is 4.88. The topological polar surface area (TPSA) is 72.5 Å². The van der Waals surface area contributed by atoms with E-state index in [1.807, 2.05) is 24.3 Å². The van der Waals surface area contributed by atoms with Gasteiger partial charge in [0.2, 0.25) is 6.79 Å². The Morgan fingerprint density at radius 2 is 2.15 bits per heavy atom. The van der Waals surface area contributed by atoms with Gasteiger partial charge in [-0.15, -0.1) is 0 Å². The van der Waals surface area contributed by atoms with E-state index in [2.05, 4.69) is 19.9 Å². The molecule has 27 heavy (non-hydrogen) atoms. The van der Waals surface area contributed by atoms with Crippen LogP contribution in [0.1, 0.15) is 11.4 Å². The summed E-state index contributed by atoms with van der Waals surface area (Å²) in [7, 11) is 0. The van der Waals surface area contributed by atoms with Crippen LogP contribution >= 0.6 is 0 Å². The number of pyridine rings is 1. The first-order valence-corrected chi connectivity index (χ1v) is 8.90. The molecule has 140 valence electrons. The summed E-state index contributed by atoms with van der Waals surface area (Å²) in [5.41, 5.74) is 2.75. The zero-order chi connectivity index (χ0) is 18.2. The summed E-state index contributed by atoms with van der Waals surface area (Å²) >= 11 is 0. The van der Waals surface area contributed by atoms with Gasteiger partial charge >= 0.3 is 0 Å². The molecule has 0 amide bonds. The number of imidazole rings is 1. The Kier molecular flexibility index (Phi) is 4.14. The fraction of sp³-hybridized carbons (Fsp3) is 0.368. The number of hydrogen-bond donors (Lipinski definition) is 1. The molecule has 0 saturated carbocycles. The van der Waals surface area contributed by atoms with E-state index in [1.165, 1.54) is 0 Å². The molecule has 2 aliphatic rings. The van der Waals surface area contributed by atoms with E-state index < -0.39 is 12.3 Å². The van der Waals surface area contributed by atoms with Gasteiger partial charge in [0.25, 0.3) is 0 Å². The molecule has 0 radical (unpaired) electrons. The highest BCUT2D eigenvalue weighted by Gasteiger charge is 2.34. The molecule has 0 bridgehead atoms. The molecule has 1 aromatic carbocycles. The van der Waals surface area contributed by atoms with Gasteiger partial charge in [0, 0.05) is 25.8 Å². The van der Waals surface area contributed by atoms with Crippen LogP contribution in [0, 0.1) is 0 Å². The highest BCUT2D eigenvalue weighted by atomic mass is 19.1. The molecule has 4 heterocycles. The standard InChI is InChI=1S/C19H19FN4O3/c20-13-8-24(7-12-1-2-16-17(5-12)27-11-26-16)9-18(13)25-10-19-22-14-3-4-21-6-15(14)23-19/h1-6,13,18H,7-11H2,(H,22,23)/t13-,18+/m1/s1. The minimum atomic E-state index is -1.02. The molecule has 1 N–H and O–H groups in total. The van der Waals surface area contributed by atoms with Gasteiger partial charge in [-0.2, -0.15) is 0 Å². The first-order chi connectivity index (χ1) is 13.2. The highest BCUT2D eigenvalue weighted by Crippen LogP contribution is 2.33. The van der Waals surface area contributed by atoms with Gasteiger partial charge in [0.15, 0.2) is 11.5 Å². The van der Waals surface area contributed by atoms with Gasteiger partial charge in [0.1, 0.15) is 24.7 Å². The molecule has 7 nitrogen and oxygen atoms in total. The van der Waals surface area contributed by atoms with Gasteiger partial charge in [-0.1, -0.05) is 6.07 Å². The average molecular weight is 370 g/mol. The van der Waals surface area contributed by atoms with Crippen molar-refractivity contribution in [3.8, 4) is 11.5 Å². The summed E-state index contributed by atoms with van der Waals surface area (Å²) in [5, 5.41) is 0. The lowest BCUT2D eigenvalue weighted by Crippen LogP contribution is -2.24. The van der Waals surface area contributed by atoms with Crippen LogP contribution in [-0.2, 0) is 17.9 Å². The Morgan fingerprint density at radius 3 is 3.07 bits per heavy atom. The Morgan fingerprint density at radius 1 is 1.22 bits per heavy atom. The molecule has 2 aliphatic heterocycles. The quantitative estimate of drug-likeness (QED) is 0.744. The number of hydrogen-bond acceptors (Lipinski definition) is 6. The molecular formula is C19H19FN4O3. The summed E-state index contributed by atoms with van der Waals surface area (Å²) in [6.07, 6.45) is 1.92. The molecule has 0 spiro atoms. The van der Waals surface area contributed by atoms with E-state index >= 15 is 0 Å². The zero-order valence-corrected chi connectivity index (χ0v) is 14.6. The maximum absolute atomic E-state index is 14.4. The van der Waals surface area contributed by atoms with Crippen LogP contribution in [0.15, 0.2) is 36.7 Å². The molecule has 5 rings (SSSR count). The molecular weight excluding hydrogens is 351 g/mol. The van der Waals surface area contributed by atoms with Crippen molar-refractivity contribution in [1.29, 1.82) is 0 Å². The van der Waals surface area contributed by atoms with E-state index in [4.69, 9.17) is 14.2 Å². The Balaban J connectivity index is 1.19. The van der Waals surface area contributed by atoms with Gasteiger partial charge in [-0.3, -0.25) is 9.88 Å². The van der Waals surface area contributed by atoms with Crippen molar-refractivity contribution in [2.45, 2.75) is 25.4 Å². The fourth-order valence-electron chi connectivity index (χ4n) is 3.56. The Labute approximate surface area is 155 Å². The minimum absolute atomic E-state index is 0.248. The molecule has 1 saturated heterocycles.